The second kappa shape index (κ2) is 7.96. The molecule has 1 fully saturated rings. The molecule has 0 radical (unpaired) electrons. The summed E-state index contributed by atoms with van der Waals surface area (Å²) in [5, 5.41) is 9.62. The van der Waals surface area contributed by atoms with Crippen LogP contribution in [0.25, 0.3) is 0 Å². The first kappa shape index (κ1) is 17.8. The molecule has 1 heterocycles. The van der Waals surface area contributed by atoms with Gasteiger partial charge in [0.05, 0.1) is 12.3 Å². The molecule has 138 valence electrons. The van der Waals surface area contributed by atoms with Crippen molar-refractivity contribution in [3.8, 4) is 0 Å². The summed E-state index contributed by atoms with van der Waals surface area (Å²) in [5.41, 5.74) is 2.11. The molecule has 3 aromatic rings. The Morgan fingerprint density at radius 2 is 1.74 bits per heavy atom. The van der Waals surface area contributed by atoms with E-state index in [1.165, 1.54) is 30.2 Å². The summed E-state index contributed by atoms with van der Waals surface area (Å²) in [7, 11) is 1.81. The van der Waals surface area contributed by atoms with E-state index in [0.717, 1.165) is 23.2 Å². The van der Waals surface area contributed by atoms with Gasteiger partial charge >= 0.3 is 0 Å². The lowest BCUT2D eigenvalue weighted by molar-refractivity contribution is -0.115. The molecule has 1 aromatic heterocycles. The van der Waals surface area contributed by atoms with Crippen molar-refractivity contribution in [1.29, 1.82) is 0 Å². The van der Waals surface area contributed by atoms with Crippen molar-refractivity contribution in [2.24, 2.45) is 0 Å². The van der Waals surface area contributed by atoms with E-state index in [0.29, 0.717) is 11.7 Å². The number of benzene rings is 2. The molecular weight excluding hydrogens is 356 g/mol. The van der Waals surface area contributed by atoms with Gasteiger partial charge in [0.1, 0.15) is 5.82 Å². The fourth-order valence-corrected chi connectivity index (χ4v) is 3.84. The minimum atomic E-state index is 0.0495. The summed E-state index contributed by atoms with van der Waals surface area (Å²) in [6.45, 7) is 0.741. The van der Waals surface area contributed by atoms with Crippen molar-refractivity contribution in [2.45, 2.75) is 30.5 Å². The van der Waals surface area contributed by atoms with Crippen LogP contribution in [0.4, 0.5) is 5.69 Å². The van der Waals surface area contributed by atoms with E-state index < -0.39 is 0 Å². The van der Waals surface area contributed by atoms with Gasteiger partial charge in [-0.15, -0.1) is 10.2 Å². The van der Waals surface area contributed by atoms with Gasteiger partial charge in [-0.2, -0.15) is 0 Å². The molecule has 0 spiro atoms. The molecule has 0 atom stereocenters. The fraction of sp³-hybridized carbons (Fsp3) is 0.286. The van der Waals surface area contributed by atoms with Gasteiger partial charge < -0.3 is 9.47 Å². The number of anilines is 1. The average molecular weight is 379 g/mol. The second-order valence-corrected chi connectivity index (χ2v) is 7.71. The van der Waals surface area contributed by atoms with Crippen LogP contribution in [0.15, 0.2) is 65.8 Å². The third-order valence-electron chi connectivity index (χ3n) is 4.71. The van der Waals surface area contributed by atoms with Crippen molar-refractivity contribution in [3.63, 3.8) is 0 Å². The SMILES string of the molecule is CN(C(=O)CSc1nnc(C2CC2)n1Cc1ccccc1)c1ccccc1. The molecule has 1 amide bonds. The Labute approximate surface area is 163 Å². The monoisotopic (exact) mass is 378 g/mol. The third-order valence-corrected chi connectivity index (χ3v) is 5.67. The number of hydrogen-bond donors (Lipinski definition) is 0. The van der Waals surface area contributed by atoms with Crippen LogP contribution in [0.2, 0.25) is 0 Å². The molecular formula is C21H22N4OS. The highest BCUT2D eigenvalue weighted by Crippen LogP contribution is 2.40. The second-order valence-electron chi connectivity index (χ2n) is 6.76. The summed E-state index contributed by atoms with van der Waals surface area (Å²) in [6, 6.07) is 20.0. The zero-order chi connectivity index (χ0) is 18.6. The number of rotatable bonds is 7. The van der Waals surface area contributed by atoms with E-state index in [1.54, 1.807) is 4.90 Å². The number of thioether (sulfide) groups is 1. The van der Waals surface area contributed by atoms with Gasteiger partial charge in [0.2, 0.25) is 5.91 Å². The van der Waals surface area contributed by atoms with E-state index in [1.807, 2.05) is 55.6 Å². The number of amides is 1. The van der Waals surface area contributed by atoms with E-state index in [2.05, 4.69) is 26.9 Å². The Morgan fingerprint density at radius 1 is 1.07 bits per heavy atom. The summed E-state index contributed by atoms with van der Waals surface area (Å²) >= 11 is 1.46. The molecule has 0 bridgehead atoms. The van der Waals surface area contributed by atoms with Crippen LogP contribution in [0, 0.1) is 0 Å². The minimum Gasteiger partial charge on any atom is -0.315 e. The van der Waals surface area contributed by atoms with Gasteiger partial charge in [0, 0.05) is 18.7 Å². The third kappa shape index (κ3) is 4.22. The predicted molar refractivity (Wildman–Crippen MR) is 108 cm³/mol. The van der Waals surface area contributed by atoms with Gasteiger partial charge in [-0.25, -0.2) is 0 Å². The van der Waals surface area contributed by atoms with Crippen molar-refractivity contribution in [3.05, 3.63) is 72.1 Å². The molecule has 6 heteroatoms. The van der Waals surface area contributed by atoms with Gasteiger partial charge in [0.15, 0.2) is 5.16 Å². The number of nitrogens with zero attached hydrogens (tertiary/aromatic N) is 4. The number of aromatic nitrogens is 3. The molecule has 5 nitrogen and oxygen atoms in total. The van der Waals surface area contributed by atoms with Crippen molar-refractivity contribution < 1.29 is 4.79 Å². The lowest BCUT2D eigenvalue weighted by Gasteiger charge is -2.17. The number of para-hydroxylation sites is 1. The summed E-state index contributed by atoms with van der Waals surface area (Å²) in [4.78, 5) is 14.3. The maximum absolute atomic E-state index is 12.6. The smallest absolute Gasteiger partial charge is 0.237 e. The first-order chi connectivity index (χ1) is 13.2. The first-order valence-corrected chi connectivity index (χ1v) is 10.1. The summed E-state index contributed by atoms with van der Waals surface area (Å²) in [5.74, 6) is 1.94. The largest absolute Gasteiger partial charge is 0.315 e. The molecule has 4 rings (SSSR count). The number of carbonyl (C=O) groups is 1. The van der Waals surface area contributed by atoms with Crippen LogP contribution < -0.4 is 4.90 Å². The molecule has 1 aliphatic carbocycles. The molecule has 0 N–H and O–H groups in total. The van der Waals surface area contributed by atoms with Crippen molar-refractivity contribution in [2.75, 3.05) is 17.7 Å². The zero-order valence-corrected chi connectivity index (χ0v) is 16.1. The normalized spacial score (nSPS) is 13.5. The van der Waals surface area contributed by atoms with E-state index in [-0.39, 0.29) is 5.91 Å². The van der Waals surface area contributed by atoms with Crippen molar-refractivity contribution in [1.82, 2.24) is 14.8 Å². The molecule has 0 aliphatic heterocycles. The Balaban J connectivity index is 1.48. The number of hydrogen-bond acceptors (Lipinski definition) is 4. The molecule has 2 aromatic carbocycles. The zero-order valence-electron chi connectivity index (χ0n) is 15.3. The topological polar surface area (TPSA) is 51.0 Å². The Bertz CT molecular complexity index is 906. The lowest BCUT2D eigenvalue weighted by atomic mass is 10.2. The van der Waals surface area contributed by atoms with E-state index >= 15 is 0 Å². The maximum Gasteiger partial charge on any atom is 0.237 e. The van der Waals surface area contributed by atoms with Gasteiger partial charge in [-0.3, -0.25) is 4.79 Å². The standard InChI is InChI=1S/C21H22N4OS/c1-24(18-10-6-3-7-11-18)19(26)15-27-21-23-22-20(17-12-13-17)25(21)14-16-8-4-2-5-9-16/h2-11,17H,12-15H2,1H3. The van der Waals surface area contributed by atoms with Crippen LogP contribution >= 0.6 is 11.8 Å². The predicted octanol–water partition coefficient (Wildman–Crippen LogP) is 3.96. The highest BCUT2D eigenvalue weighted by molar-refractivity contribution is 7.99. The fourth-order valence-electron chi connectivity index (χ4n) is 2.98. The van der Waals surface area contributed by atoms with Crippen LogP contribution in [-0.2, 0) is 11.3 Å². The highest BCUT2D eigenvalue weighted by atomic mass is 32.2. The average Bonchev–Trinajstić information content (AvgIpc) is 3.49. The van der Waals surface area contributed by atoms with Crippen LogP contribution in [0.1, 0.15) is 30.1 Å². The highest BCUT2D eigenvalue weighted by Gasteiger charge is 2.30. The van der Waals surface area contributed by atoms with Gasteiger partial charge in [-0.05, 0) is 30.5 Å². The van der Waals surface area contributed by atoms with Crippen LogP contribution in [-0.4, -0.2) is 33.5 Å². The molecule has 0 saturated heterocycles. The van der Waals surface area contributed by atoms with E-state index in [4.69, 9.17) is 0 Å². The van der Waals surface area contributed by atoms with Crippen LogP contribution in [0.5, 0.6) is 0 Å². The molecule has 1 aliphatic rings. The quantitative estimate of drug-likeness (QED) is 0.584. The molecule has 1 saturated carbocycles. The molecule has 0 unspecified atom stereocenters. The summed E-state index contributed by atoms with van der Waals surface area (Å²) in [6.07, 6.45) is 2.35. The minimum absolute atomic E-state index is 0.0495. The van der Waals surface area contributed by atoms with E-state index in [9.17, 15) is 4.79 Å². The Morgan fingerprint density at radius 3 is 2.41 bits per heavy atom. The van der Waals surface area contributed by atoms with Crippen LogP contribution in [0.3, 0.4) is 0 Å². The van der Waals surface area contributed by atoms with Gasteiger partial charge in [0.25, 0.3) is 0 Å². The van der Waals surface area contributed by atoms with Gasteiger partial charge in [-0.1, -0.05) is 60.3 Å². The first-order valence-electron chi connectivity index (χ1n) is 9.14. The summed E-state index contributed by atoms with van der Waals surface area (Å²) < 4.78 is 2.17. The lowest BCUT2D eigenvalue weighted by Crippen LogP contribution is -2.28. The Kier molecular flexibility index (Phi) is 5.25. The molecule has 27 heavy (non-hydrogen) atoms. The van der Waals surface area contributed by atoms with Crippen molar-refractivity contribution >= 4 is 23.4 Å². The Hall–Kier alpha value is -2.60. The maximum atomic E-state index is 12.6. The number of carbonyl (C=O) groups excluding carboxylic acids is 1.